The van der Waals surface area contributed by atoms with Crippen LogP contribution in [-0.4, -0.2) is 38.1 Å². The highest BCUT2D eigenvalue weighted by Crippen LogP contribution is 2.33. The standard InChI is InChI=1S/C10H18N2O3/c1-6(9(13)11-2)12-8(7-4-5-7)10(14)15-3/h6-8,12H,4-5H2,1-3H3,(H,11,13). The molecule has 1 fully saturated rings. The molecule has 1 aliphatic rings. The summed E-state index contributed by atoms with van der Waals surface area (Å²) in [6.07, 6.45) is 2.04. The van der Waals surface area contributed by atoms with Crippen LogP contribution in [0.1, 0.15) is 19.8 Å². The summed E-state index contributed by atoms with van der Waals surface area (Å²) >= 11 is 0. The predicted octanol–water partition coefficient (Wildman–Crippen LogP) is -0.338. The minimum absolute atomic E-state index is 0.121. The van der Waals surface area contributed by atoms with Crippen LogP contribution in [-0.2, 0) is 14.3 Å². The number of amides is 1. The molecule has 2 N–H and O–H groups in total. The average molecular weight is 214 g/mol. The van der Waals surface area contributed by atoms with E-state index in [1.54, 1.807) is 14.0 Å². The van der Waals surface area contributed by atoms with Gasteiger partial charge in [-0.25, -0.2) is 0 Å². The van der Waals surface area contributed by atoms with Crippen LogP contribution >= 0.6 is 0 Å². The monoisotopic (exact) mass is 214 g/mol. The lowest BCUT2D eigenvalue weighted by Crippen LogP contribution is -2.50. The number of rotatable bonds is 5. The number of esters is 1. The Bertz CT molecular complexity index is 251. The molecular weight excluding hydrogens is 196 g/mol. The molecule has 0 aliphatic heterocycles. The van der Waals surface area contributed by atoms with Gasteiger partial charge in [-0.2, -0.15) is 0 Å². The largest absolute Gasteiger partial charge is 0.468 e. The molecule has 0 aromatic rings. The number of likely N-dealkylation sites (N-methyl/N-ethyl adjacent to an activating group) is 1. The Morgan fingerprint density at radius 2 is 2.00 bits per heavy atom. The van der Waals surface area contributed by atoms with Crippen molar-refractivity contribution < 1.29 is 14.3 Å². The van der Waals surface area contributed by atoms with Crippen LogP contribution in [0.4, 0.5) is 0 Å². The fraction of sp³-hybridized carbons (Fsp3) is 0.800. The summed E-state index contributed by atoms with van der Waals surface area (Å²) in [6, 6.07) is -0.720. The molecule has 0 aromatic carbocycles. The molecule has 0 bridgehead atoms. The molecule has 2 atom stereocenters. The zero-order valence-electron chi connectivity index (χ0n) is 9.37. The van der Waals surface area contributed by atoms with Gasteiger partial charge >= 0.3 is 5.97 Å². The van der Waals surface area contributed by atoms with Crippen LogP contribution in [0.25, 0.3) is 0 Å². The molecule has 0 saturated heterocycles. The van der Waals surface area contributed by atoms with Gasteiger partial charge in [0.1, 0.15) is 6.04 Å². The van der Waals surface area contributed by atoms with Gasteiger partial charge in [-0.1, -0.05) is 0 Å². The van der Waals surface area contributed by atoms with E-state index in [0.717, 1.165) is 12.8 Å². The van der Waals surface area contributed by atoms with E-state index in [1.807, 2.05) is 0 Å². The molecule has 0 aromatic heterocycles. The van der Waals surface area contributed by atoms with Crippen LogP contribution in [0.15, 0.2) is 0 Å². The smallest absolute Gasteiger partial charge is 0.323 e. The van der Waals surface area contributed by atoms with E-state index in [4.69, 9.17) is 4.74 Å². The maximum atomic E-state index is 11.4. The third-order valence-corrected chi connectivity index (χ3v) is 2.62. The van der Waals surface area contributed by atoms with Crippen molar-refractivity contribution in [2.75, 3.05) is 14.2 Å². The summed E-state index contributed by atoms with van der Waals surface area (Å²) < 4.78 is 4.69. The molecule has 86 valence electrons. The van der Waals surface area contributed by atoms with E-state index in [2.05, 4.69) is 10.6 Å². The highest BCUT2D eigenvalue weighted by atomic mass is 16.5. The molecule has 1 amide bonds. The van der Waals surface area contributed by atoms with Gasteiger partial charge in [0, 0.05) is 7.05 Å². The Morgan fingerprint density at radius 3 is 2.40 bits per heavy atom. The highest BCUT2D eigenvalue weighted by molar-refractivity contribution is 5.83. The summed E-state index contributed by atoms with van der Waals surface area (Å²) in [5, 5.41) is 5.53. The number of methoxy groups -OCH3 is 1. The quantitative estimate of drug-likeness (QED) is 0.614. The molecule has 0 heterocycles. The van der Waals surface area contributed by atoms with Gasteiger partial charge in [0.05, 0.1) is 13.2 Å². The van der Waals surface area contributed by atoms with Crippen LogP contribution in [0.2, 0.25) is 0 Å². The first kappa shape index (κ1) is 12.0. The second-order valence-corrected chi connectivity index (χ2v) is 3.84. The molecule has 15 heavy (non-hydrogen) atoms. The van der Waals surface area contributed by atoms with Crippen molar-refractivity contribution in [3.05, 3.63) is 0 Å². The molecule has 0 radical (unpaired) electrons. The first-order valence-corrected chi connectivity index (χ1v) is 5.15. The lowest BCUT2D eigenvalue weighted by molar-refractivity contribution is -0.144. The molecule has 1 rings (SSSR count). The Balaban J connectivity index is 2.50. The summed E-state index contributed by atoms with van der Waals surface area (Å²) in [5.41, 5.74) is 0. The van der Waals surface area contributed by atoms with E-state index < -0.39 is 0 Å². The second-order valence-electron chi connectivity index (χ2n) is 3.84. The Kier molecular flexibility index (Phi) is 4.08. The zero-order valence-corrected chi connectivity index (χ0v) is 9.37. The molecule has 5 heteroatoms. The first-order chi connectivity index (χ1) is 7.10. The van der Waals surface area contributed by atoms with Crippen molar-refractivity contribution in [3.63, 3.8) is 0 Å². The molecule has 5 nitrogen and oxygen atoms in total. The minimum Gasteiger partial charge on any atom is -0.468 e. The van der Waals surface area contributed by atoms with Crippen LogP contribution in [0.3, 0.4) is 0 Å². The fourth-order valence-electron chi connectivity index (χ4n) is 1.51. The van der Waals surface area contributed by atoms with Crippen LogP contribution in [0, 0.1) is 5.92 Å². The Labute approximate surface area is 89.6 Å². The fourth-order valence-corrected chi connectivity index (χ4v) is 1.51. The van der Waals surface area contributed by atoms with Crippen molar-refractivity contribution in [3.8, 4) is 0 Å². The van der Waals surface area contributed by atoms with E-state index in [-0.39, 0.29) is 24.0 Å². The summed E-state index contributed by atoms with van der Waals surface area (Å²) in [5.74, 6) is -0.0811. The molecule has 1 saturated carbocycles. The minimum atomic E-state index is -0.375. The zero-order chi connectivity index (χ0) is 11.4. The van der Waals surface area contributed by atoms with E-state index >= 15 is 0 Å². The lowest BCUT2D eigenvalue weighted by Gasteiger charge is -2.19. The Hall–Kier alpha value is -1.10. The topological polar surface area (TPSA) is 67.4 Å². The third-order valence-electron chi connectivity index (χ3n) is 2.62. The van der Waals surface area contributed by atoms with Gasteiger partial charge in [0.15, 0.2) is 0 Å². The summed E-state index contributed by atoms with van der Waals surface area (Å²) in [4.78, 5) is 22.7. The highest BCUT2D eigenvalue weighted by Gasteiger charge is 2.38. The van der Waals surface area contributed by atoms with Crippen molar-refractivity contribution in [1.29, 1.82) is 0 Å². The summed E-state index contributed by atoms with van der Waals surface area (Å²) in [7, 11) is 2.94. The maximum Gasteiger partial charge on any atom is 0.323 e. The number of hydrogen-bond donors (Lipinski definition) is 2. The lowest BCUT2D eigenvalue weighted by atomic mass is 10.1. The second kappa shape index (κ2) is 5.11. The predicted molar refractivity (Wildman–Crippen MR) is 55.2 cm³/mol. The van der Waals surface area contributed by atoms with Crippen molar-refractivity contribution in [2.45, 2.75) is 31.8 Å². The van der Waals surface area contributed by atoms with Gasteiger partial charge in [0.2, 0.25) is 5.91 Å². The number of ether oxygens (including phenoxy) is 1. The molecule has 0 spiro atoms. The normalized spacial score (nSPS) is 19.1. The molecule has 2 unspecified atom stereocenters. The first-order valence-electron chi connectivity index (χ1n) is 5.15. The number of hydrogen-bond acceptors (Lipinski definition) is 4. The van der Waals surface area contributed by atoms with E-state index in [0.29, 0.717) is 5.92 Å². The van der Waals surface area contributed by atoms with Crippen molar-refractivity contribution >= 4 is 11.9 Å². The van der Waals surface area contributed by atoms with Gasteiger partial charge in [-0.15, -0.1) is 0 Å². The SMILES string of the molecule is CNC(=O)C(C)NC(C(=O)OC)C1CC1. The van der Waals surface area contributed by atoms with Gasteiger partial charge < -0.3 is 10.1 Å². The van der Waals surface area contributed by atoms with Crippen LogP contribution < -0.4 is 10.6 Å². The summed E-state index contributed by atoms with van der Waals surface area (Å²) in [6.45, 7) is 1.73. The number of nitrogens with one attached hydrogen (secondary N) is 2. The maximum absolute atomic E-state index is 11.4. The van der Waals surface area contributed by atoms with Crippen LogP contribution in [0.5, 0.6) is 0 Å². The number of carbonyl (C=O) groups is 2. The van der Waals surface area contributed by atoms with Gasteiger partial charge in [-0.3, -0.25) is 14.9 Å². The van der Waals surface area contributed by atoms with E-state index in [9.17, 15) is 9.59 Å². The van der Waals surface area contributed by atoms with Crippen molar-refractivity contribution in [1.82, 2.24) is 10.6 Å². The number of carbonyl (C=O) groups excluding carboxylic acids is 2. The van der Waals surface area contributed by atoms with Gasteiger partial charge in [-0.05, 0) is 25.7 Å². The average Bonchev–Trinajstić information content (AvgIpc) is 3.07. The third kappa shape index (κ3) is 3.20. The van der Waals surface area contributed by atoms with Crippen molar-refractivity contribution in [2.24, 2.45) is 5.92 Å². The Morgan fingerprint density at radius 1 is 1.40 bits per heavy atom. The molecular formula is C10H18N2O3. The van der Waals surface area contributed by atoms with E-state index in [1.165, 1.54) is 7.11 Å². The molecule has 1 aliphatic carbocycles. The van der Waals surface area contributed by atoms with Gasteiger partial charge in [0.25, 0.3) is 0 Å².